The second-order valence-corrected chi connectivity index (χ2v) is 6.01. The van der Waals surface area contributed by atoms with Crippen LogP contribution in [0.2, 0.25) is 0 Å². The Kier molecular flexibility index (Phi) is 3.63. The van der Waals surface area contributed by atoms with E-state index in [-0.39, 0.29) is 10.9 Å². The van der Waals surface area contributed by atoms with Gasteiger partial charge in [0.05, 0.1) is 0 Å². The Bertz CT molecular complexity index is 530. The summed E-state index contributed by atoms with van der Waals surface area (Å²) >= 11 is 0. The molecule has 0 aromatic carbocycles. The molecule has 6 heteroatoms. The van der Waals surface area contributed by atoms with Crippen LogP contribution < -0.4 is 10.2 Å². The van der Waals surface area contributed by atoms with Crippen molar-refractivity contribution in [3.05, 3.63) is 28.7 Å². The third-order valence-corrected chi connectivity index (χ3v) is 4.55. The number of aromatic nitrogens is 1. The fourth-order valence-corrected chi connectivity index (χ4v) is 3.47. The fourth-order valence-electron chi connectivity index (χ4n) is 2.11. The summed E-state index contributed by atoms with van der Waals surface area (Å²) in [6.07, 6.45) is 7.59. The number of nitrogens with one attached hydrogen (secondary N) is 2. The summed E-state index contributed by atoms with van der Waals surface area (Å²) in [4.78, 5) is 13.9. The van der Waals surface area contributed by atoms with Crippen molar-refractivity contribution in [2.75, 3.05) is 0 Å². The van der Waals surface area contributed by atoms with E-state index in [1.807, 2.05) is 0 Å². The summed E-state index contributed by atoms with van der Waals surface area (Å²) < 4.78 is 26.6. The molecular formula is C11H16N2O3S. The molecule has 2 rings (SSSR count). The molecule has 1 aliphatic carbocycles. The quantitative estimate of drug-likeness (QED) is 0.846. The minimum atomic E-state index is -3.68. The van der Waals surface area contributed by atoms with Crippen molar-refractivity contribution < 1.29 is 8.42 Å². The van der Waals surface area contributed by atoms with Gasteiger partial charge in [-0.05, 0) is 12.8 Å². The predicted molar refractivity (Wildman–Crippen MR) is 64.3 cm³/mol. The third kappa shape index (κ3) is 2.95. The Balaban J connectivity index is 2.19. The number of sulfonamides is 1. The molecule has 1 aromatic heterocycles. The Morgan fingerprint density at radius 2 is 1.94 bits per heavy atom. The van der Waals surface area contributed by atoms with E-state index in [0.717, 1.165) is 32.1 Å². The van der Waals surface area contributed by atoms with Gasteiger partial charge in [0.1, 0.15) is 4.90 Å². The molecule has 0 saturated heterocycles. The van der Waals surface area contributed by atoms with E-state index < -0.39 is 15.5 Å². The number of hydrogen-bond acceptors (Lipinski definition) is 3. The first kappa shape index (κ1) is 12.3. The normalized spacial score (nSPS) is 18.1. The van der Waals surface area contributed by atoms with Crippen molar-refractivity contribution in [3.63, 3.8) is 0 Å². The second-order valence-electron chi connectivity index (χ2n) is 4.33. The van der Waals surface area contributed by atoms with Crippen LogP contribution in [0.5, 0.6) is 0 Å². The van der Waals surface area contributed by atoms with Crippen LogP contribution in [0.25, 0.3) is 0 Å². The van der Waals surface area contributed by atoms with Crippen LogP contribution in [0.1, 0.15) is 32.1 Å². The average molecular weight is 256 g/mol. The minimum absolute atomic E-state index is 0.0339. The van der Waals surface area contributed by atoms with Crippen molar-refractivity contribution in [3.8, 4) is 0 Å². The summed E-state index contributed by atoms with van der Waals surface area (Å²) in [7, 11) is -3.68. The number of rotatable bonds is 3. The van der Waals surface area contributed by atoms with E-state index in [1.165, 1.54) is 18.5 Å². The van der Waals surface area contributed by atoms with Gasteiger partial charge < -0.3 is 4.98 Å². The SMILES string of the molecule is O=c1cc[nH]cc1S(=O)(=O)NC1CCCCC1. The standard InChI is InChI=1S/C11H16N2O3S/c14-10-6-7-12-8-11(10)17(15,16)13-9-4-2-1-3-5-9/h6-9,13H,1-5H2,(H,12,14). The molecule has 1 fully saturated rings. The van der Waals surface area contributed by atoms with E-state index in [1.54, 1.807) is 0 Å². The van der Waals surface area contributed by atoms with Gasteiger partial charge in [-0.1, -0.05) is 19.3 Å². The molecule has 1 saturated carbocycles. The Labute approximate surface area is 100 Å². The summed E-state index contributed by atoms with van der Waals surface area (Å²) in [5.41, 5.74) is -0.480. The van der Waals surface area contributed by atoms with Gasteiger partial charge in [-0.3, -0.25) is 4.79 Å². The zero-order valence-corrected chi connectivity index (χ0v) is 10.3. The van der Waals surface area contributed by atoms with Crippen molar-refractivity contribution in [1.82, 2.24) is 9.71 Å². The van der Waals surface area contributed by atoms with Crippen molar-refractivity contribution in [1.29, 1.82) is 0 Å². The summed E-state index contributed by atoms with van der Waals surface area (Å²) in [6.45, 7) is 0. The van der Waals surface area contributed by atoms with Gasteiger partial charge in [-0.2, -0.15) is 0 Å². The average Bonchev–Trinajstić information content (AvgIpc) is 2.30. The number of hydrogen-bond donors (Lipinski definition) is 2. The lowest BCUT2D eigenvalue weighted by Crippen LogP contribution is -2.38. The Morgan fingerprint density at radius 3 is 2.59 bits per heavy atom. The van der Waals surface area contributed by atoms with E-state index in [0.29, 0.717) is 0 Å². The van der Waals surface area contributed by atoms with Crippen molar-refractivity contribution in [2.45, 2.75) is 43.0 Å². The molecule has 0 aliphatic heterocycles. The van der Waals surface area contributed by atoms with Crippen molar-refractivity contribution in [2.24, 2.45) is 0 Å². The van der Waals surface area contributed by atoms with E-state index in [9.17, 15) is 13.2 Å². The maximum absolute atomic E-state index is 12.0. The first-order valence-electron chi connectivity index (χ1n) is 5.79. The zero-order valence-electron chi connectivity index (χ0n) is 9.48. The van der Waals surface area contributed by atoms with Gasteiger partial charge in [0, 0.05) is 24.5 Å². The van der Waals surface area contributed by atoms with Gasteiger partial charge in [-0.15, -0.1) is 0 Å². The molecule has 1 aliphatic rings. The summed E-state index contributed by atoms with van der Waals surface area (Å²) in [5, 5.41) is 0. The predicted octanol–water partition coefficient (Wildman–Crippen LogP) is 0.986. The van der Waals surface area contributed by atoms with Crippen LogP contribution >= 0.6 is 0 Å². The second kappa shape index (κ2) is 5.01. The lowest BCUT2D eigenvalue weighted by molar-refractivity contribution is 0.412. The molecule has 94 valence electrons. The summed E-state index contributed by atoms with van der Waals surface area (Å²) in [6, 6.07) is 1.18. The molecule has 0 atom stereocenters. The van der Waals surface area contributed by atoms with E-state index >= 15 is 0 Å². The lowest BCUT2D eigenvalue weighted by Gasteiger charge is -2.22. The topological polar surface area (TPSA) is 79.0 Å². The smallest absolute Gasteiger partial charge is 0.246 e. The highest BCUT2D eigenvalue weighted by Crippen LogP contribution is 2.18. The molecule has 0 unspecified atom stereocenters. The number of aromatic amines is 1. The number of pyridine rings is 1. The maximum Gasteiger partial charge on any atom is 0.246 e. The molecule has 0 bridgehead atoms. The van der Waals surface area contributed by atoms with Crippen LogP contribution in [0.15, 0.2) is 28.2 Å². The molecule has 1 heterocycles. The molecule has 0 amide bonds. The first-order chi connectivity index (χ1) is 8.09. The van der Waals surface area contributed by atoms with Crippen LogP contribution in [-0.4, -0.2) is 19.4 Å². The largest absolute Gasteiger partial charge is 0.366 e. The monoisotopic (exact) mass is 256 g/mol. The molecule has 17 heavy (non-hydrogen) atoms. The van der Waals surface area contributed by atoms with Crippen LogP contribution in [-0.2, 0) is 10.0 Å². The van der Waals surface area contributed by atoms with Gasteiger partial charge in [0.25, 0.3) is 0 Å². The van der Waals surface area contributed by atoms with Crippen LogP contribution in [0, 0.1) is 0 Å². The molecular weight excluding hydrogens is 240 g/mol. The molecule has 2 N–H and O–H groups in total. The highest BCUT2D eigenvalue weighted by Gasteiger charge is 2.23. The van der Waals surface area contributed by atoms with Gasteiger partial charge in [0.2, 0.25) is 15.5 Å². The molecule has 0 radical (unpaired) electrons. The van der Waals surface area contributed by atoms with Crippen LogP contribution in [0.3, 0.4) is 0 Å². The van der Waals surface area contributed by atoms with E-state index in [4.69, 9.17) is 0 Å². The molecule has 1 aromatic rings. The fraction of sp³-hybridized carbons (Fsp3) is 0.545. The molecule has 5 nitrogen and oxygen atoms in total. The van der Waals surface area contributed by atoms with Gasteiger partial charge in [-0.25, -0.2) is 13.1 Å². The van der Waals surface area contributed by atoms with Gasteiger partial charge >= 0.3 is 0 Å². The highest BCUT2D eigenvalue weighted by molar-refractivity contribution is 7.89. The van der Waals surface area contributed by atoms with Crippen molar-refractivity contribution >= 4 is 10.0 Å². The lowest BCUT2D eigenvalue weighted by atomic mass is 9.96. The zero-order chi connectivity index (χ0) is 12.3. The van der Waals surface area contributed by atoms with Crippen LogP contribution in [0.4, 0.5) is 0 Å². The molecule has 0 spiro atoms. The summed E-state index contributed by atoms with van der Waals surface area (Å²) in [5.74, 6) is 0. The van der Waals surface area contributed by atoms with Gasteiger partial charge in [0.15, 0.2) is 0 Å². The number of H-pyrrole nitrogens is 1. The Hall–Kier alpha value is -1.14. The first-order valence-corrected chi connectivity index (χ1v) is 7.27. The Morgan fingerprint density at radius 1 is 1.24 bits per heavy atom. The highest BCUT2D eigenvalue weighted by atomic mass is 32.2. The minimum Gasteiger partial charge on any atom is -0.366 e. The van der Waals surface area contributed by atoms with E-state index in [2.05, 4.69) is 9.71 Å². The maximum atomic E-state index is 12.0. The third-order valence-electron chi connectivity index (χ3n) is 3.00.